The molecule has 0 saturated carbocycles. The summed E-state index contributed by atoms with van der Waals surface area (Å²) in [7, 11) is -5.14. The van der Waals surface area contributed by atoms with Crippen LogP contribution in [-0.4, -0.2) is 67.7 Å². The topological polar surface area (TPSA) is 156 Å². The molecule has 1 rings (SSSR count). The van der Waals surface area contributed by atoms with Crippen molar-refractivity contribution in [3.63, 3.8) is 0 Å². The minimum atomic E-state index is -5.14. The molecule has 1 saturated heterocycles. The first kappa shape index (κ1) is 44.3. The molecule has 0 radical (unpaired) electrons. The van der Waals surface area contributed by atoms with Gasteiger partial charge in [-0.2, -0.15) is 0 Å². The molecule has 1 N–H and O–H groups in total. The van der Waals surface area contributed by atoms with Crippen molar-refractivity contribution in [2.45, 2.75) is 160 Å². The SMILES string of the molecule is CCCCCCCCCCCCCCCCCCCCCCCC(=O)OCC1(CO)COC(=O)CC(S(=O)(=O)[O-])C(=O)OC1.[Na+]. The summed E-state index contributed by atoms with van der Waals surface area (Å²) in [6, 6.07) is 0. The second-order valence-corrected chi connectivity index (χ2v) is 14.1. The van der Waals surface area contributed by atoms with Crippen LogP contribution in [0.25, 0.3) is 0 Å². The zero-order valence-corrected chi connectivity index (χ0v) is 31.0. The van der Waals surface area contributed by atoms with Crippen LogP contribution in [0.5, 0.6) is 0 Å². The van der Waals surface area contributed by atoms with Gasteiger partial charge in [0.1, 0.15) is 29.9 Å². The van der Waals surface area contributed by atoms with Crippen LogP contribution in [-0.2, 0) is 38.7 Å². The molecule has 12 heteroatoms. The van der Waals surface area contributed by atoms with Crippen LogP contribution < -0.4 is 29.6 Å². The van der Waals surface area contributed by atoms with Gasteiger partial charge in [0.15, 0.2) is 5.25 Å². The van der Waals surface area contributed by atoms with E-state index in [9.17, 15) is 32.5 Å². The Morgan fingerprint density at radius 1 is 0.778 bits per heavy atom. The number of carbonyl (C=O) groups is 3. The molecule has 0 bridgehead atoms. The summed E-state index contributed by atoms with van der Waals surface area (Å²) in [6.07, 6.45) is 26.0. The largest absolute Gasteiger partial charge is 1.00 e. The van der Waals surface area contributed by atoms with E-state index in [1.807, 2.05) is 0 Å². The zero-order valence-electron chi connectivity index (χ0n) is 28.2. The number of carbonyl (C=O) groups excluding carboxylic acids is 3. The van der Waals surface area contributed by atoms with Gasteiger partial charge in [-0.1, -0.05) is 135 Å². The van der Waals surface area contributed by atoms with Crippen molar-refractivity contribution in [3.05, 3.63) is 0 Å². The van der Waals surface area contributed by atoms with Gasteiger partial charge in [0.2, 0.25) is 0 Å². The molecule has 0 aromatic heterocycles. The molecule has 1 aliphatic rings. The fourth-order valence-corrected chi connectivity index (χ4v) is 5.98. The maximum Gasteiger partial charge on any atom is 1.00 e. The van der Waals surface area contributed by atoms with Crippen molar-refractivity contribution in [1.29, 1.82) is 0 Å². The summed E-state index contributed by atoms with van der Waals surface area (Å²) in [5, 5.41) is 7.64. The van der Waals surface area contributed by atoms with E-state index in [0.717, 1.165) is 19.3 Å². The summed E-state index contributed by atoms with van der Waals surface area (Å²) in [5.41, 5.74) is -1.45. The third-order valence-electron chi connectivity index (χ3n) is 8.38. The normalized spacial score (nSPS) is 19.0. The molecule has 0 aromatic rings. The maximum absolute atomic E-state index is 12.2. The molecular formula is C33H59NaO10S. The zero-order chi connectivity index (χ0) is 32.5. The second-order valence-electron chi connectivity index (χ2n) is 12.6. The minimum absolute atomic E-state index is 0. The summed E-state index contributed by atoms with van der Waals surface area (Å²) >= 11 is 0. The molecule has 0 amide bonds. The van der Waals surface area contributed by atoms with Gasteiger partial charge in [0.05, 0.1) is 18.4 Å². The average Bonchev–Trinajstić information content (AvgIpc) is 3.05. The van der Waals surface area contributed by atoms with Gasteiger partial charge in [0.25, 0.3) is 0 Å². The molecule has 1 heterocycles. The van der Waals surface area contributed by atoms with Gasteiger partial charge in [-0.25, -0.2) is 8.42 Å². The first-order valence-corrected chi connectivity index (χ1v) is 18.6. The molecule has 1 fully saturated rings. The monoisotopic (exact) mass is 670 g/mol. The van der Waals surface area contributed by atoms with E-state index in [-0.39, 0.29) is 36.0 Å². The number of aliphatic hydroxyl groups excluding tert-OH is 1. The van der Waals surface area contributed by atoms with Gasteiger partial charge in [0, 0.05) is 6.42 Å². The number of cyclic esters (lactones) is 2. The smallest absolute Gasteiger partial charge is 0.747 e. The van der Waals surface area contributed by atoms with E-state index in [1.165, 1.54) is 109 Å². The molecule has 0 aliphatic carbocycles. The molecule has 0 spiro atoms. The van der Waals surface area contributed by atoms with Crippen molar-refractivity contribution in [2.75, 3.05) is 26.4 Å². The molecule has 0 aromatic carbocycles. The molecule has 258 valence electrons. The minimum Gasteiger partial charge on any atom is -0.747 e. The number of aliphatic hydroxyl groups is 1. The van der Waals surface area contributed by atoms with Crippen molar-refractivity contribution >= 4 is 28.0 Å². The first-order chi connectivity index (χ1) is 21.1. The van der Waals surface area contributed by atoms with Gasteiger partial charge in [-0.15, -0.1) is 0 Å². The molecular weight excluding hydrogens is 611 g/mol. The Hall–Kier alpha value is -0.720. The Balaban J connectivity index is 0.0000194. The van der Waals surface area contributed by atoms with E-state index in [0.29, 0.717) is 6.42 Å². The van der Waals surface area contributed by atoms with Crippen LogP contribution >= 0.6 is 0 Å². The Kier molecular flexibility index (Phi) is 26.8. The Morgan fingerprint density at radius 3 is 1.58 bits per heavy atom. The van der Waals surface area contributed by atoms with Crippen LogP contribution in [0, 0.1) is 5.41 Å². The van der Waals surface area contributed by atoms with Crippen LogP contribution in [0.2, 0.25) is 0 Å². The van der Waals surface area contributed by atoms with Gasteiger partial charge in [-0.3, -0.25) is 14.4 Å². The molecule has 1 aliphatic heterocycles. The average molecular weight is 671 g/mol. The Bertz CT molecular complexity index is 898. The van der Waals surface area contributed by atoms with Crippen LogP contribution in [0.3, 0.4) is 0 Å². The number of hydrogen-bond donors (Lipinski definition) is 1. The van der Waals surface area contributed by atoms with Crippen LogP contribution in [0.4, 0.5) is 0 Å². The standard InChI is InChI=1S/C33H60O10S.Na/c1-2-3-4-5-6-7-8-9-10-11-12-13-14-15-16-17-18-19-20-21-22-23-30(35)41-26-33(25-34)27-42-31(36)24-29(44(38,39)40)32(37)43-28-33;/h29,34H,2-28H2,1H3,(H,38,39,40);/q;+1/p-1. The molecule has 2 unspecified atom stereocenters. The molecule has 45 heavy (non-hydrogen) atoms. The van der Waals surface area contributed by atoms with Crippen LogP contribution in [0.1, 0.15) is 155 Å². The van der Waals surface area contributed by atoms with E-state index in [1.54, 1.807) is 0 Å². The van der Waals surface area contributed by atoms with Crippen molar-refractivity contribution in [3.8, 4) is 0 Å². The third kappa shape index (κ3) is 22.5. The van der Waals surface area contributed by atoms with E-state index in [4.69, 9.17) is 14.2 Å². The van der Waals surface area contributed by atoms with Crippen molar-refractivity contribution < 1.29 is 76.2 Å². The summed E-state index contributed by atoms with van der Waals surface area (Å²) in [6.45, 7) is 0.176. The summed E-state index contributed by atoms with van der Waals surface area (Å²) in [4.78, 5) is 36.2. The first-order valence-electron chi connectivity index (χ1n) is 17.2. The Morgan fingerprint density at radius 2 is 1.18 bits per heavy atom. The molecule has 10 nitrogen and oxygen atoms in total. The fourth-order valence-electron chi connectivity index (χ4n) is 5.33. The number of rotatable bonds is 26. The van der Waals surface area contributed by atoms with Crippen LogP contribution in [0.15, 0.2) is 0 Å². The van der Waals surface area contributed by atoms with E-state index < -0.39 is 71.5 Å². The number of unbranched alkanes of at least 4 members (excludes halogenated alkanes) is 20. The van der Waals surface area contributed by atoms with Crippen molar-refractivity contribution in [2.24, 2.45) is 5.41 Å². The van der Waals surface area contributed by atoms with Gasteiger partial charge < -0.3 is 23.9 Å². The quantitative estimate of drug-likeness (QED) is 0.0475. The summed E-state index contributed by atoms with van der Waals surface area (Å²) < 4.78 is 49.0. The number of hydrogen-bond acceptors (Lipinski definition) is 10. The third-order valence-corrected chi connectivity index (χ3v) is 9.44. The van der Waals surface area contributed by atoms with Gasteiger partial charge >= 0.3 is 47.5 Å². The summed E-state index contributed by atoms with van der Waals surface area (Å²) in [5.74, 6) is -2.99. The van der Waals surface area contributed by atoms with E-state index in [2.05, 4.69) is 6.92 Å². The fraction of sp³-hybridized carbons (Fsp3) is 0.909. The van der Waals surface area contributed by atoms with Gasteiger partial charge in [-0.05, 0) is 6.42 Å². The maximum atomic E-state index is 12.2. The predicted molar refractivity (Wildman–Crippen MR) is 168 cm³/mol. The second kappa shape index (κ2) is 27.3. The van der Waals surface area contributed by atoms with Crippen molar-refractivity contribution in [1.82, 2.24) is 0 Å². The predicted octanol–water partition coefficient (Wildman–Crippen LogP) is 3.52. The number of ether oxygens (including phenoxy) is 3. The van der Waals surface area contributed by atoms with E-state index >= 15 is 0 Å². The Labute approximate surface area is 294 Å². The molecule has 2 atom stereocenters. The number of esters is 3.